The predicted octanol–water partition coefficient (Wildman–Crippen LogP) is 3.92. The molecule has 3 nitrogen and oxygen atoms in total. The van der Waals surface area contributed by atoms with Gasteiger partial charge in [-0.1, -0.05) is 11.6 Å². The van der Waals surface area contributed by atoms with Crippen molar-refractivity contribution in [3.63, 3.8) is 0 Å². The summed E-state index contributed by atoms with van der Waals surface area (Å²) >= 11 is 8.71. The molecule has 1 amide bonds. The van der Waals surface area contributed by atoms with Crippen molar-refractivity contribution in [2.24, 2.45) is 0 Å². The Morgan fingerprint density at radius 3 is 2.78 bits per heavy atom. The van der Waals surface area contributed by atoms with Crippen LogP contribution >= 0.6 is 34.7 Å². The maximum absolute atomic E-state index is 11.9. The first-order chi connectivity index (χ1) is 8.65. The van der Waals surface area contributed by atoms with Gasteiger partial charge in [0.2, 0.25) is 5.91 Å². The van der Waals surface area contributed by atoms with Crippen molar-refractivity contribution in [3.05, 3.63) is 40.9 Å². The average Bonchev–Trinajstić information content (AvgIpc) is 2.85. The van der Waals surface area contributed by atoms with Gasteiger partial charge in [0.15, 0.2) is 5.13 Å². The summed E-state index contributed by atoms with van der Waals surface area (Å²) in [5, 5.41) is 5.74. The van der Waals surface area contributed by atoms with Crippen LogP contribution in [0.25, 0.3) is 0 Å². The van der Waals surface area contributed by atoms with Crippen molar-refractivity contribution < 1.29 is 4.79 Å². The quantitative estimate of drug-likeness (QED) is 0.870. The van der Waals surface area contributed by atoms with Crippen molar-refractivity contribution in [2.45, 2.75) is 17.1 Å². The maximum atomic E-state index is 11.9. The van der Waals surface area contributed by atoms with Crippen molar-refractivity contribution in [1.29, 1.82) is 0 Å². The van der Waals surface area contributed by atoms with Gasteiger partial charge in [-0.3, -0.25) is 4.79 Å². The lowest BCUT2D eigenvalue weighted by Crippen LogP contribution is -2.22. The molecule has 94 valence electrons. The van der Waals surface area contributed by atoms with E-state index in [1.54, 1.807) is 6.20 Å². The molecule has 0 saturated heterocycles. The van der Waals surface area contributed by atoms with Gasteiger partial charge >= 0.3 is 0 Å². The first kappa shape index (κ1) is 13.4. The zero-order valence-corrected chi connectivity index (χ0v) is 12.0. The van der Waals surface area contributed by atoms with Crippen LogP contribution in [0.5, 0.6) is 0 Å². The number of nitrogens with zero attached hydrogens (tertiary/aromatic N) is 1. The van der Waals surface area contributed by atoms with E-state index in [0.717, 1.165) is 4.90 Å². The minimum Gasteiger partial charge on any atom is -0.301 e. The molecule has 6 heteroatoms. The van der Waals surface area contributed by atoms with E-state index in [2.05, 4.69) is 10.3 Å². The smallest absolute Gasteiger partial charge is 0.239 e. The summed E-state index contributed by atoms with van der Waals surface area (Å²) in [5.41, 5.74) is 0. The number of amides is 1. The number of anilines is 1. The van der Waals surface area contributed by atoms with Crippen LogP contribution in [-0.2, 0) is 4.79 Å². The van der Waals surface area contributed by atoms with Gasteiger partial charge in [-0.2, -0.15) is 0 Å². The molecular weight excluding hydrogens is 288 g/mol. The minimum absolute atomic E-state index is 0.0510. The Labute approximate surface area is 119 Å². The third kappa shape index (κ3) is 3.73. The van der Waals surface area contributed by atoms with Crippen LogP contribution < -0.4 is 5.32 Å². The second-order valence-corrected chi connectivity index (χ2v) is 6.29. The number of thioether (sulfide) groups is 1. The summed E-state index contributed by atoms with van der Waals surface area (Å²) in [4.78, 5) is 16.9. The number of carbonyl (C=O) groups is 1. The molecular formula is C12H11ClN2OS2. The topological polar surface area (TPSA) is 42.0 Å². The summed E-state index contributed by atoms with van der Waals surface area (Å²) in [6.07, 6.45) is 1.66. The van der Waals surface area contributed by atoms with Crippen molar-refractivity contribution in [3.8, 4) is 0 Å². The van der Waals surface area contributed by atoms with Crippen molar-refractivity contribution in [2.75, 3.05) is 5.32 Å². The van der Waals surface area contributed by atoms with Crippen LogP contribution in [0.2, 0.25) is 5.02 Å². The van der Waals surface area contributed by atoms with Crippen molar-refractivity contribution in [1.82, 2.24) is 4.98 Å². The Morgan fingerprint density at radius 1 is 1.44 bits per heavy atom. The first-order valence-electron chi connectivity index (χ1n) is 5.28. The second-order valence-electron chi connectivity index (χ2n) is 3.54. The lowest BCUT2D eigenvalue weighted by atomic mass is 10.4. The molecule has 0 unspecified atom stereocenters. The molecule has 1 N–H and O–H groups in total. The molecule has 0 saturated carbocycles. The van der Waals surface area contributed by atoms with Crippen LogP contribution in [-0.4, -0.2) is 16.1 Å². The number of carbonyl (C=O) groups excluding carboxylic acids is 1. The van der Waals surface area contributed by atoms with Crippen LogP contribution in [0.3, 0.4) is 0 Å². The van der Waals surface area contributed by atoms with E-state index in [1.807, 2.05) is 36.6 Å². The summed E-state index contributed by atoms with van der Waals surface area (Å²) in [6.45, 7) is 1.86. The molecule has 1 aromatic carbocycles. The lowest BCUT2D eigenvalue weighted by Gasteiger charge is -2.10. The third-order valence-corrected chi connectivity index (χ3v) is 4.21. The molecule has 0 fully saturated rings. The number of benzene rings is 1. The number of nitrogens with one attached hydrogen (secondary N) is 1. The molecule has 1 heterocycles. The lowest BCUT2D eigenvalue weighted by molar-refractivity contribution is -0.115. The van der Waals surface area contributed by atoms with Gasteiger partial charge in [0.25, 0.3) is 0 Å². The van der Waals surface area contributed by atoms with E-state index >= 15 is 0 Å². The largest absolute Gasteiger partial charge is 0.301 e. The normalized spacial score (nSPS) is 12.1. The van der Waals surface area contributed by atoms with Crippen molar-refractivity contribution >= 4 is 45.7 Å². The highest BCUT2D eigenvalue weighted by molar-refractivity contribution is 8.00. The molecule has 0 aliphatic rings. The number of hydrogen-bond acceptors (Lipinski definition) is 4. The van der Waals surface area contributed by atoms with Crippen LogP contribution in [0.15, 0.2) is 40.7 Å². The van der Waals surface area contributed by atoms with Gasteiger partial charge < -0.3 is 5.32 Å². The SMILES string of the molecule is C[C@H](Sc1ccc(Cl)cc1)C(=O)Nc1nccs1. The fourth-order valence-electron chi connectivity index (χ4n) is 1.26. The fourth-order valence-corrected chi connectivity index (χ4v) is 2.79. The number of aromatic nitrogens is 1. The van der Waals surface area contributed by atoms with Crippen LogP contribution in [0, 0.1) is 0 Å². The fraction of sp³-hybridized carbons (Fsp3) is 0.167. The van der Waals surface area contributed by atoms with E-state index in [0.29, 0.717) is 10.2 Å². The molecule has 0 radical (unpaired) electrons. The maximum Gasteiger partial charge on any atom is 0.239 e. The van der Waals surface area contributed by atoms with Gasteiger partial charge in [0, 0.05) is 21.5 Å². The van der Waals surface area contributed by atoms with Gasteiger partial charge in [0.1, 0.15) is 0 Å². The Hall–Kier alpha value is -1.04. The highest BCUT2D eigenvalue weighted by atomic mass is 35.5. The monoisotopic (exact) mass is 298 g/mol. The molecule has 0 aliphatic carbocycles. The minimum atomic E-state index is -0.185. The van der Waals surface area contributed by atoms with Crippen LogP contribution in [0.1, 0.15) is 6.92 Å². The number of halogens is 1. The highest BCUT2D eigenvalue weighted by Gasteiger charge is 2.15. The van der Waals surface area contributed by atoms with Gasteiger partial charge in [-0.05, 0) is 31.2 Å². The van der Waals surface area contributed by atoms with Gasteiger partial charge in [-0.25, -0.2) is 4.98 Å². The number of hydrogen-bond donors (Lipinski definition) is 1. The Kier molecular flexibility index (Phi) is 4.63. The number of thiazole rings is 1. The second kappa shape index (κ2) is 6.22. The van der Waals surface area contributed by atoms with E-state index in [4.69, 9.17) is 11.6 Å². The standard InChI is InChI=1S/C12H11ClN2OS2/c1-8(11(16)15-12-14-6-7-17-12)18-10-4-2-9(13)3-5-10/h2-8H,1H3,(H,14,15,16)/t8-/m0/s1. The molecule has 1 atom stereocenters. The zero-order valence-electron chi connectivity index (χ0n) is 9.59. The zero-order chi connectivity index (χ0) is 13.0. The number of rotatable bonds is 4. The molecule has 0 bridgehead atoms. The van der Waals surface area contributed by atoms with Gasteiger partial charge in [0.05, 0.1) is 5.25 Å². The highest BCUT2D eigenvalue weighted by Crippen LogP contribution is 2.25. The summed E-state index contributed by atoms with van der Waals surface area (Å²) < 4.78 is 0. The summed E-state index contributed by atoms with van der Waals surface area (Å²) in [6, 6.07) is 7.44. The molecule has 0 aliphatic heterocycles. The van der Waals surface area contributed by atoms with E-state index in [9.17, 15) is 4.79 Å². The Balaban J connectivity index is 1.93. The summed E-state index contributed by atoms with van der Waals surface area (Å²) in [7, 11) is 0. The summed E-state index contributed by atoms with van der Waals surface area (Å²) in [5.74, 6) is -0.0510. The van der Waals surface area contributed by atoms with Crippen LogP contribution in [0.4, 0.5) is 5.13 Å². The van der Waals surface area contributed by atoms with E-state index < -0.39 is 0 Å². The Morgan fingerprint density at radius 2 is 2.17 bits per heavy atom. The third-order valence-electron chi connectivity index (χ3n) is 2.16. The first-order valence-corrected chi connectivity index (χ1v) is 7.41. The van der Waals surface area contributed by atoms with E-state index in [1.165, 1.54) is 23.1 Å². The molecule has 2 rings (SSSR count). The molecule has 0 spiro atoms. The molecule has 2 aromatic rings. The van der Waals surface area contributed by atoms with E-state index in [-0.39, 0.29) is 11.2 Å². The average molecular weight is 299 g/mol. The molecule has 1 aromatic heterocycles. The van der Waals surface area contributed by atoms with Gasteiger partial charge in [-0.15, -0.1) is 23.1 Å². The Bertz CT molecular complexity index is 513. The predicted molar refractivity (Wildman–Crippen MR) is 77.5 cm³/mol. The molecule has 18 heavy (non-hydrogen) atoms.